The van der Waals surface area contributed by atoms with Crippen LogP contribution < -0.4 is 5.32 Å². The van der Waals surface area contributed by atoms with Gasteiger partial charge in [0.15, 0.2) is 9.84 Å². The largest absolute Gasteiger partial charge is 0.379 e. The van der Waals surface area contributed by atoms with Gasteiger partial charge in [0.05, 0.1) is 30.8 Å². The molecular weight excluding hydrogens is 445 g/mol. The van der Waals surface area contributed by atoms with E-state index < -0.39 is 15.9 Å². The lowest BCUT2D eigenvalue weighted by molar-refractivity contribution is -0.127. The third kappa shape index (κ3) is 6.17. The lowest BCUT2D eigenvalue weighted by Crippen LogP contribution is -2.49. The van der Waals surface area contributed by atoms with E-state index in [2.05, 4.69) is 10.2 Å². The van der Waals surface area contributed by atoms with Crippen LogP contribution in [0.5, 0.6) is 0 Å². The van der Waals surface area contributed by atoms with Crippen LogP contribution in [0.4, 0.5) is 4.39 Å². The lowest BCUT2D eigenvalue weighted by atomic mass is 10.0. The number of amides is 1. The average molecular weight is 476 g/mol. The number of sulfone groups is 1. The highest BCUT2D eigenvalue weighted by molar-refractivity contribution is 7.91. The smallest absolute Gasteiger partial charge is 0.242 e. The first-order chi connectivity index (χ1) is 15.9. The van der Waals surface area contributed by atoms with Crippen LogP contribution in [0.2, 0.25) is 0 Å². The number of morpholine rings is 1. The third-order valence-electron chi connectivity index (χ3n) is 6.30. The number of rotatable bonds is 7. The number of hydrogen-bond donors (Lipinski definition) is 1. The van der Waals surface area contributed by atoms with Gasteiger partial charge in [-0.2, -0.15) is 0 Å². The molecule has 2 aliphatic heterocycles. The van der Waals surface area contributed by atoms with Gasteiger partial charge in [-0.3, -0.25) is 14.6 Å². The second-order valence-electron chi connectivity index (χ2n) is 8.47. The molecule has 1 amide bonds. The zero-order valence-corrected chi connectivity index (χ0v) is 19.3. The molecule has 0 aliphatic carbocycles. The average Bonchev–Trinajstić information content (AvgIpc) is 2.82. The zero-order chi connectivity index (χ0) is 23.3. The zero-order valence-electron chi connectivity index (χ0n) is 18.5. The summed E-state index contributed by atoms with van der Waals surface area (Å²) in [6.07, 6.45) is 0. The van der Waals surface area contributed by atoms with Crippen LogP contribution in [-0.2, 0) is 19.4 Å². The highest BCUT2D eigenvalue weighted by Gasteiger charge is 2.33. The summed E-state index contributed by atoms with van der Waals surface area (Å²) in [6.45, 7) is 3.52. The number of ether oxygens (including phenoxy) is 1. The number of hydrogen-bond acceptors (Lipinski definition) is 6. The molecule has 178 valence electrons. The Morgan fingerprint density at radius 3 is 2.27 bits per heavy atom. The number of nitrogens with zero attached hydrogens (tertiary/aromatic N) is 2. The van der Waals surface area contributed by atoms with Crippen molar-refractivity contribution in [3.8, 4) is 0 Å². The fraction of sp³-hybridized carbons (Fsp3) is 0.458. The molecule has 2 atom stereocenters. The summed E-state index contributed by atoms with van der Waals surface area (Å²) in [5.41, 5.74) is 1.63. The Hall–Kier alpha value is -2.33. The van der Waals surface area contributed by atoms with Crippen molar-refractivity contribution in [1.82, 2.24) is 15.1 Å². The predicted octanol–water partition coefficient (Wildman–Crippen LogP) is 1.79. The van der Waals surface area contributed by atoms with Crippen LogP contribution in [0.1, 0.15) is 23.2 Å². The molecule has 0 spiro atoms. The number of carbonyl (C=O) groups excluding carboxylic acids is 1. The van der Waals surface area contributed by atoms with Crippen molar-refractivity contribution in [2.45, 2.75) is 12.1 Å². The molecule has 4 rings (SSSR count). The van der Waals surface area contributed by atoms with Crippen LogP contribution >= 0.6 is 0 Å². The van der Waals surface area contributed by atoms with Crippen molar-refractivity contribution in [3.63, 3.8) is 0 Å². The molecule has 0 bridgehead atoms. The summed E-state index contributed by atoms with van der Waals surface area (Å²) in [4.78, 5) is 17.6. The second-order valence-corrected chi connectivity index (χ2v) is 10.8. The maximum atomic E-state index is 14.0. The molecule has 1 N–H and O–H groups in total. The molecule has 2 aromatic rings. The molecule has 2 fully saturated rings. The van der Waals surface area contributed by atoms with Crippen molar-refractivity contribution >= 4 is 15.7 Å². The van der Waals surface area contributed by atoms with Crippen LogP contribution in [0.3, 0.4) is 0 Å². The lowest BCUT2D eigenvalue weighted by Gasteiger charge is -2.36. The van der Waals surface area contributed by atoms with E-state index in [9.17, 15) is 17.6 Å². The van der Waals surface area contributed by atoms with E-state index in [0.717, 1.165) is 11.1 Å². The summed E-state index contributed by atoms with van der Waals surface area (Å²) in [7, 11) is -3.06. The molecule has 0 radical (unpaired) electrons. The quantitative estimate of drug-likeness (QED) is 0.658. The first-order valence-corrected chi connectivity index (χ1v) is 13.1. The summed E-state index contributed by atoms with van der Waals surface area (Å²) in [5.74, 6) is -0.406. The van der Waals surface area contributed by atoms with Gasteiger partial charge in [0, 0.05) is 32.7 Å². The summed E-state index contributed by atoms with van der Waals surface area (Å²) in [6, 6.07) is 15.1. The van der Waals surface area contributed by atoms with Gasteiger partial charge >= 0.3 is 0 Å². The molecule has 2 aliphatic rings. The highest BCUT2D eigenvalue weighted by atomic mass is 32.2. The van der Waals surface area contributed by atoms with Crippen LogP contribution in [0.15, 0.2) is 54.6 Å². The minimum Gasteiger partial charge on any atom is -0.379 e. The van der Waals surface area contributed by atoms with Gasteiger partial charge in [-0.25, -0.2) is 12.8 Å². The van der Waals surface area contributed by atoms with E-state index >= 15 is 0 Å². The van der Waals surface area contributed by atoms with E-state index in [1.165, 1.54) is 12.1 Å². The van der Waals surface area contributed by atoms with Crippen LogP contribution in [0.25, 0.3) is 0 Å². The normalized spacial score (nSPS) is 21.2. The standard InChI is InChI=1S/C24H30FN3O4S/c25-21-8-4-7-20(17-21)22(27-9-13-32-14-10-27)18-26-24(29)23(19-5-2-1-3-6-19)28-11-15-33(30,31)16-12-28/h1-8,17,22-23H,9-16,18H2,(H,26,29). The Bertz CT molecular complexity index is 1030. The molecule has 2 heterocycles. The molecular formula is C24H30FN3O4S. The number of halogens is 1. The molecule has 2 unspecified atom stereocenters. The van der Waals surface area contributed by atoms with Gasteiger partial charge in [-0.15, -0.1) is 0 Å². The van der Waals surface area contributed by atoms with E-state index in [4.69, 9.17) is 4.74 Å². The number of benzene rings is 2. The van der Waals surface area contributed by atoms with E-state index in [-0.39, 0.29) is 29.3 Å². The van der Waals surface area contributed by atoms with Crippen molar-refractivity contribution in [2.24, 2.45) is 0 Å². The Morgan fingerprint density at radius 2 is 1.61 bits per heavy atom. The van der Waals surface area contributed by atoms with Gasteiger partial charge in [0.2, 0.25) is 5.91 Å². The number of carbonyl (C=O) groups is 1. The predicted molar refractivity (Wildman–Crippen MR) is 124 cm³/mol. The Balaban J connectivity index is 1.53. The topological polar surface area (TPSA) is 79.0 Å². The van der Waals surface area contributed by atoms with E-state index in [0.29, 0.717) is 45.9 Å². The first-order valence-electron chi connectivity index (χ1n) is 11.3. The molecule has 0 saturated carbocycles. The SMILES string of the molecule is O=C(NCC(c1cccc(F)c1)N1CCOCC1)C(c1ccccc1)N1CCS(=O)(=O)CC1. The Labute approximate surface area is 194 Å². The summed E-state index contributed by atoms with van der Waals surface area (Å²) < 4.78 is 43.3. The maximum absolute atomic E-state index is 14.0. The molecule has 9 heteroatoms. The second kappa shape index (κ2) is 10.7. The van der Waals surface area contributed by atoms with Crippen LogP contribution in [-0.4, -0.2) is 81.6 Å². The monoisotopic (exact) mass is 475 g/mol. The fourth-order valence-electron chi connectivity index (χ4n) is 4.50. The van der Waals surface area contributed by atoms with Crippen molar-refractivity contribution in [2.75, 3.05) is 57.4 Å². The van der Waals surface area contributed by atoms with Crippen molar-refractivity contribution in [3.05, 3.63) is 71.5 Å². The fourth-order valence-corrected chi connectivity index (χ4v) is 5.73. The van der Waals surface area contributed by atoms with Crippen molar-refractivity contribution < 1.29 is 22.3 Å². The molecule has 2 saturated heterocycles. The molecule has 7 nitrogen and oxygen atoms in total. The molecule has 2 aromatic carbocycles. The van der Waals surface area contributed by atoms with Gasteiger partial charge in [0.1, 0.15) is 11.9 Å². The minimum absolute atomic E-state index is 0.0449. The van der Waals surface area contributed by atoms with Crippen molar-refractivity contribution in [1.29, 1.82) is 0 Å². The van der Waals surface area contributed by atoms with Crippen LogP contribution in [0, 0.1) is 5.82 Å². The Morgan fingerprint density at radius 1 is 0.939 bits per heavy atom. The van der Waals surface area contributed by atoms with Gasteiger partial charge in [-0.05, 0) is 23.3 Å². The third-order valence-corrected chi connectivity index (χ3v) is 7.91. The first kappa shape index (κ1) is 23.8. The van der Waals surface area contributed by atoms with E-state index in [1.54, 1.807) is 6.07 Å². The summed E-state index contributed by atoms with van der Waals surface area (Å²) in [5, 5.41) is 3.08. The van der Waals surface area contributed by atoms with Gasteiger partial charge in [0.25, 0.3) is 0 Å². The minimum atomic E-state index is -3.06. The van der Waals surface area contributed by atoms with Gasteiger partial charge < -0.3 is 10.1 Å². The number of nitrogens with one attached hydrogen (secondary N) is 1. The molecule has 33 heavy (non-hydrogen) atoms. The van der Waals surface area contributed by atoms with Gasteiger partial charge in [-0.1, -0.05) is 42.5 Å². The summed E-state index contributed by atoms with van der Waals surface area (Å²) >= 11 is 0. The molecule has 0 aromatic heterocycles. The van der Waals surface area contributed by atoms with E-state index in [1.807, 2.05) is 41.3 Å². The highest BCUT2D eigenvalue weighted by Crippen LogP contribution is 2.25. The maximum Gasteiger partial charge on any atom is 0.242 e. The Kier molecular flexibility index (Phi) is 7.75.